The number of aryl methyl sites for hydroxylation is 1. The summed E-state index contributed by atoms with van der Waals surface area (Å²) in [7, 11) is 0. The number of aromatic nitrogens is 2. The molecule has 1 aliphatic carbocycles. The van der Waals surface area contributed by atoms with E-state index in [9.17, 15) is 0 Å². The minimum atomic E-state index is 0.713. The lowest BCUT2D eigenvalue weighted by molar-refractivity contribution is 0.518. The fourth-order valence-electron chi connectivity index (χ4n) is 1.98. The van der Waals surface area contributed by atoms with Gasteiger partial charge in [-0.05, 0) is 25.8 Å². The molecule has 0 bridgehead atoms. The molecule has 0 unspecified atom stereocenters. The molecule has 0 aromatic carbocycles. The number of hydrogen-bond acceptors (Lipinski definition) is 3. The van der Waals surface area contributed by atoms with E-state index in [2.05, 4.69) is 15.3 Å². The van der Waals surface area contributed by atoms with Crippen LogP contribution in [0.2, 0.25) is 0 Å². The van der Waals surface area contributed by atoms with E-state index in [-0.39, 0.29) is 0 Å². The molecule has 76 valence electrons. The van der Waals surface area contributed by atoms with E-state index < -0.39 is 0 Å². The summed E-state index contributed by atoms with van der Waals surface area (Å²) in [5.41, 5.74) is 1.10. The zero-order chi connectivity index (χ0) is 9.80. The van der Waals surface area contributed by atoms with Gasteiger partial charge in [-0.15, -0.1) is 0 Å². The highest BCUT2D eigenvalue weighted by Crippen LogP contribution is 2.17. The van der Waals surface area contributed by atoms with Gasteiger partial charge in [-0.25, -0.2) is 9.97 Å². The monoisotopic (exact) mass is 191 g/mol. The molecule has 1 heterocycles. The highest BCUT2D eigenvalue weighted by atomic mass is 15.0. The van der Waals surface area contributed by atoms with E-state index in [0.29, 0.717) is 6.04 Å². The van der Waals surface area contributed by atoms with Crippen LogP contribution in [-0.2, 0) is 6.54 Å². The van der Waals surface area contributed by atoms with Crippen molar-refractivity contribution < 1.29 is 0 Å². The average Bonchev–Trinajstić information content (AvgIpc) is 2.67. The van der Waals surface area contributed by atoms with Crippen LogP contribution < -0.4 is 5.32 Å². The summed E-state index contributed by atoms with van der Waals surface area (Å²) in [6.07, 6.45) is 7.23. The van der Waals surface area contributed by atoms with Crippen molar-refractivity contribution in [3.8, 4) is 0 Å². The summed E-state index contributed by atoms with van der Waals surface area (Å²) in [4.78, 5) is 8.44. The summed E-state index contributed by atoms with van der Waals surface area (Å²) in [6.45, 7) is 2.81. The zero-order valence-electron chi connectivity index (χ0n) is 8.66. The Balaban J connectivity index is 1.85. The molecule has 14 heavy (non-hydrogen) atoms. The van der Waals surface area contributed by atoms with Gasteiger partial charge in [0.1, 0.15) is 5.82 Å². The molecular formula is C11H17N3. The van der Waals surface area contributed by atoms with Crippen LogP contribution in [0.3, 0.4) is 0 Å². The molecule has 2 rings (SSSR count). The molecule has 0 amide bonds. The third-order valence-corrected chi connectivity index (χ3v) is 2.76. The van der Waals surface area contributed by atoms with Crippen LogP contribution in [0, 0.1) is 6.92 Å². The third kappa shape index (κ3) is 2.51. The Morgan fingerprint density at radius 2 is 2.21 bits per heavy atom. The average molecular weight is 191 g/mol. The maximum atomic E-state index is 4.36. The molecular weight excluding hydrogens is 174 g/mol. The van der Waals surface area contributed by atoms with Gasteiger partial charge in [0.2, 0.25) is 0 Å². The fraction of sp³-hybridized carbons (Fsp3) is 0.636. The van der Waals surface area contributed by atoms with E-state index in [1.807, 2.05) is 19.2 Å². The maximum Gasteiger partial charge on any atom is 0.125 e. The summed E-state index contributed by atoms with van der Waals surface area (Å²) < 4.78 is 0. The Bertz CT molecular complexity index is 292. The molecule has 0 spiro atoms. The molecule has 1 saturated carbocycles. The quantitative estimate of drug-likeness (QED) is 0.792. The lowest BCUT2D eigenvalue weighted by Gasteiger charge is -2.10. The van der Waals surface area contributed by atoms with Gasteiger partial charge in [-0.1, -0.05) is 12.8 Å². The van der Waals surface area contributed by atoms with Gasteiger partial charge in [0.15, 0.2) is 0 Å². The van der Waals surface area contributed by atoms with Gasteiger partial charge in [0.05, 0.1) is 5.69 Å². The second kappa shape index (κ2) is 4.51. The molecule has 3 heteroatoms. The van der Waals surface area contributed by atoms with E-state index in [4.69, 9.17) is 0 Å². The number of rotatable bonds is 3. The Labute approximate surface area is 85.0 Å². The van der Waals surface area contributed by atoms with Crippen molar-refractivity contribution in [2.24, 2.45) is 0 Å². The Hall–Kier alpha value is -0.960. The Morgan fingerprint density at radius 1 is 1.43 bits per heavy atom. The maximum absolute atomic E-state index is 4.36. The van der Waals surface area contributed by atoms with E-state index in [0.717, 1.165) is 18.1 Å². The zero-order valence-corrected chi connectivity index (χ0v) is 8.66. The van der Waals surface area contributed by atoms with Crippen LogP contribution in [0.4, 0.5) is 0 Å². The van der Waals surface area contributed by atoms with Crippen molar-refractivity contribution in [3.05, 3.63) is 23.8 Å². The first-order chi connectivity index (χ1) is 6.84. The van der Waals surface area contributed by atoms with Crippen molar-refractivity contribution in [2.45, 2.75) is 45.2 Å². The van der Waals surface area contributed by atoms with Crippen LogP contribution in [0.25, 0.3) is 0 Å². The predicted molar refractivity (Wildman–Crippen MR) is 55.9 cm³/mol. The SMILES string of the molecule is Cc1nccc(CNC2CCCC2)n1. The van der Waals surface area contributed by atoms with Crippen molar-refractivity contribution in [3.63, 3.8) is 0 Å². The molecule has 1 N–H and O–H groups in total. The fourth-order valence-corrected chi connectivity index (χ4v) is 1.98. The molecule has 0 saturated heterocycles. The molecule has 1 aromatic heterocycles. The third-order valence-electron chi connectivity index (χ3n) is 2.76. The van der Waals surface area contributed by atoms with Crippen LogP contribution in [0.1, 0.15) is 37.2 Å². The van der Waals surface area contributed by atoms with Gasteiger partial charge in [-0.2, -0.15) is 0 Å². The summed E-state index contributed by atoms with van der Waals surface area (Å²) in [5, 5.41) is 3.53. The predicted octanol–water partition coefficient (Wildman–Crippen LogP) is 1.82. The van der Waals surface area contributed by atoms with E-state index in [1.165, 1.54) is 25.7 Å². The topological polar surface area (TPSA) is 37.8 Å². The second-order valence-electron chi connectivity index (χ2n) is 3.96. The summed E-state index contributed by atoms with van der Waals surface area (Å²) in [6, 6.07) is 2.69. The van der Waals surface area contributed by atoms with Crippen LogP contribution in [0.15, 0.2) is 12.3 Å². The van der Waals surface area contributed by atoms with Crippen LogP contribution >= 0.6 is 0 Å². The van der Waals surface area contributed by atoms with Gasteiger partial charge in [0, 0.05) is 18.8 Å². The molecule has 0 atom stereocenters. The smallest absolute Gasteiger partial charge is 0.125 e. The van der Waals surface area contributed by atoms with Gasteiger partial charge < -0.3 is 5.32 Å². The molecule has 0 radical (unpaired) electrons. The Kier molecular flexibility index (Phi) is 3.09. The van der Waals surface area contributed by atoms with Crippen LogP contribution in [0.5, 0.6) is 0 Å². The van der Waals surface area contributed by atoms with Crippen molar-refractivity contribution >= 4 is 0 Å². The van der Waals surface area contributed by atoms with Crippen LogP contribution in [-0.4, -0.2) is 16.0 Å². The molecule has 0 aliphatic heterocycles. The minimum Gasteiger partial charge on any atom is -0.308 e. The summed E-state index contributed by atoms with van der Waals surface area (Å²) in [5.74, 6) is 0.857. The van der Waals surface area contributed by atoms with E-state index >= 15 is 0 Å². The first-order valence-electron chi connectivity index (χ1n) is 5.36. The molecule has 1 fully saturated rings. The minimum absolute atomic E-state index is 0.713. The lowest BCUT2D eigenvalue weighted by atomic mass is 10.2. The first kappa shape index (κ1) is 9.59. The standard InChI is InChI=1S/C11H17N3/c1-9-12-7-6-11(14-9)8-13-10-4-2-3-5-10/h6-7,10,13H,2-5,8H2,1H3. The van der Waals surface area contributed by atoms with Gasteiger partial charge >= 0.3 is 0 Å². The number of hydrogen-bond donors (Lipinski definition) is 1. The first-order valence-corrected chi connectivity index (χ1v) is 5.36. The van der Waals surface area contributed by atoms with Crippen molar-refractivity contribution in [1.29, 1.82) is 0 Å². The lowest BCUT2D eigenvalue weighted by Crippen LogP contribution is -2.25. The number of nitrogens with one attached hydrogen (secondary N) is 1. The van der Waals surface area contributed by atoms with Crippen molar-refractivity contribution in [1.82, 2.24) is 15.3 Å². The second-order valence-corrected chi connectivity index (χ2v) is 3.96. The van der Waals surface area contributed by atoms with Gasteiger partial charge in [-0.3, -0.25) is 0 Å². The van der Waals surface area contributed by atoms with Gasteiger partial charge in [0.25, 0.3) is 0 Å². The molecule has 1 aromatic rings. The largest absolute Gasteiger partial charge is 0.308 e. The van der Waals surface area contributed by atoms with Crippen molar-refractivity contribution in [2.75, 3.05) is 0 Å². The highest BCUT2D eigenvalue weighted by Gasteiger charge is 2.13. The summed E-state index contributed by atoms with van der Waals surface area (Å²) >= 11 is 0. The molecule has 3 nitrogen and oxygen atoms in total. The highest BCUT2D eigenvalue weighted by molar-refractivity contribution is 5.01. The molecule has 1 aliphatic rings. The normalized spacial score (nSPS) is 17.5. The van der Waals surface area contributed by atoms with E-state index in [1.54, 1.807) is 0 Å². The Morgan fingerprint density at radius 3 is 2.93 bits per heavy atom. The number of nitrogens with zero attached hydrogens (tertiary/aromatic N) is 2.